The summed E-state index contributed by atoms with van der Waals surface area (Å²) in [7, 11) is -0.622. The monoisotopic (exact) mass is 397 g/mol. The Morgan fingerprint density at radius 1 is 1.11 bits per heavy atom. The van der Waals surface area contributed by atoms with Gasteiger partial charge in [0.15, 0.2) is 5.82 Å². The fourth-order valence-corrected chi connectivity index (χ4v) is 4.39. The Balaban J connectivity index is 1.75. The fraction of sp³-hybridized carbons (Fsp3) is 0.300. The molecule has 7 nitrogen and oxygen atoms in total. The summed E-state index contributed by atoms with van der Waals surface area (Å²) in [6.45, 7) is 1.14. The highest BCUT2D eigenvalue weighted by molar-refractivity contribution is 7.87. The molecule has 0 unspecified atom stereocenters. The van der Waals surface area contributed by atoms with E-state index in [4.69, 9.17) is 4.98 Å². The van der Waals surface area contributed by atoms with E-state index in [0.29, 0.717) is 25.3 Å². The number of fused-ring (bicyclic) bond motifs is 1. The van der Waals surface area contributed by atoms with Crippen LogP contribution in [0.25, 0.3) is 22.0 Å². The van der Waals surface area contributed by atoms with Gasteiger partial charge in [0.05, 0.1) is 5.69 Å². The second-order valence-corrected chi connectivity index (χ2v) is 9.11. The standard InChI is InChI=1S/C20H23N5O2S/c1-25(2)28(26,27)24-20(10-12-21-14-20)19-22-11-9-18(23-19)17-8-7-15-5-3-4-6-16(15)13-17/h3-9,11,13,21,24H,10,12,14H2,1-2H3/t20-/m1/s1. The average Bonchev–Trinajstić information content (AvgIpc) is 3.16. The normalized spacial score (nSPS) is 20.1. The van der Waals surface area contributed by atoms with E-state index in [1.165, 1.54) is 18.4 Å². The van der Waals surface area contributed by atoms with Gasteiger partial charge in [-0.3, -0.25) is 0 Å². The molecule has 0 radical (unpaired) electrons. The van der Waals surface area contributed by atoms with Crippen molar-refractivity contribution in [1.29, 1.82) is 0 Å². The molecule has 28 heavy (non-hydrogen) atoms. The highest BCUT2D eigenvalue weighted by Crippen LogP contribution is 2.29. The topological polar surface area (TPSA) is 87.2 Å². The van der Waals surface area contributed by atoms with Crippen molar-refractivity contribution >= 4 is 21.0 Å². The summed E-state index contributed by atoms with van der Waals surface area (Å²) in [5, 5.41) is 5.52. The molecular weight excluding hydrogens is 374 g/mol. The first kappa shape index (κ1) is 18.9. The molecule has 4 rings (SSSR count). The molecule has 146 valence electrons. The minimum Gasteiger partial charge on any atom is -0.314 e. The van der Waals surface area contributed by atoms with Crippen LogP contribution < -0.4 is 10.0 Å². The Hall–Kier alpha value is -2.39. The van der Waals surface area contributed by atoms with E-state index < -0.39 is 15.7 Å². The first-order chi connectivity index (χ1) is 13.4. The number of benzene rings is 2. The Morgan fingerprint density at radius 2 is 1.89 bits per heavy atom. The Bertz CT molecular complexity index is 1110. The number of nitrogens with one attached hydrogen (secondary N) is 2. The van der Waals surface area contributed by atoms with Gasteiger partial charge < -0.3 is 5.32 Å². The van der Waals surface area contributed by atoms with Crippen molar-refractivity contribution in [1.82, 2.24) is 24.3 Å². The van der Waals surface area contributed by atoms with E-state index in [-0.39, 0.29) is 0 Å². The van der Waals surface area contributed by atoms with Crippen LogP contribution in [0.3, 0.4) is 0 Å². The van der Waals surface area contributed by atoms with Crippen molar-refractivity contribution in [2.24, 2.45) is 0 Å². The predicted octanol–water partition coefficient (Wildman–Crippen LogP) is 1.88. The van der Waals surface area contributed by atoms with Crippen LogP contribution in [0.5, 0.6) is 0 Å². The quantitative estimate of drug-likeness (QED) is 0.686. The first-order valence-corrected chi connectivity index (χ1v) is 10.6. The summed E-state index contributed by atoms with van der Waals surface area (Å²) in [4.78, 5) is 9.18. The van der Waals surface area contributed by atoms with Gasteiger partial charge in [-0.1, -0.05) is 36.4 Å². The maximum absolute atomic E-state index is 12.5. The van der Waals surface area contributed by atoms with E-state index in [9.17, 15) is 8.42 Å². The summed E-state index contributed by atoms with van der Waals surface area (Å²) < 4.78 is 29.0. The van der Waals surface area contributed by atoms with Gasteiger partial charge in [-0.25, -0.2) is 9.97 Å². The third-order valence-electron chi connectivity index (χ3n) is 5.09. The van der Waals surface area contributed by atoms with E-state index in [2.05, 4.69) is 39.3 Å². The second kappa shape index (κ2) is 7.21. The average molecular weight is 398 g/mol. The molecule has 1 aliphatic rings. The maximum Gasteiger partial charge on any atom is 0.279 e. The van der Waals surface area contributed by atoms with Gasteiger partial charge in [0.1, 0.15) is 5.54 Å². The molecule has 2 aromatic carbocycles. The van der Waals surface area contributed by atoms with E-state index in [1.54, 1.807) is 6.20 Å². The minimum atomic E-state index is -3.63. The van der Waals surface area contributed by atoms with Crippen LogP contribution >= 0.6 is 0 Å². The fourth-order valence-electron chi connectivity index (χ4n) is 3.45. The summed E-state index contributed by atoms with van der Waals surface area (Å²) in [6, 6.07) is 16.2. The first-order valence-electron chi connectivity index (χ1n) is 9.15. The van der Waals surface area contributed by atoms with Crippen LogP contribution in [0.4, 0.5) is 0 Å². The van der Waals surface area contributed by atoms with Crippen LogP contribution in [0.2, 0.25) is 0 Å². The molecule has 1 aromatic heterocycles. The molecule has 1 fully saturated rings. The van der Waals surface area contributed by atoms with E-state index >= 15 is 0 Å². The molecule has 8 heteroatoms. The highest BCUT2D eigenvalue weighted by atomic mass is 32.2. The van der Waals surface area contributed by atoms with Gasteiger partial charge in [-0.15, -0.1) is 0 Å². The molecule has 2 N–H and O–H groups in total. The van der Waals surface area contributed by atoms with Crippen molar-refractivity contribution in [3.63, 3.8) is 0 Å². The van der Waals surface area contributed by atoms with Crippen molar-refractivity contribution in [3.8, 4) is 11.3 Å². The summed E-state index contributed by atoms with van der Waals surface area (Å²) in [6.07, 6.45) is 2.28. The molecule has 3 aromatic rings. The van der Waals surface area contributed by atoms with Gasteiger partial charge >= 0.3 is 0 Å². The van der Waals surface area contributed by atoms with Gasteiger partial charge in [0, 0.05) is 32.4 Å². The van der Waals surface area contributed by atoms with E-state index in [1.807, 2.05) is 24.3 Å². The van der Waals surface area contributed by atoms with Crippen LogP contribution in [-0.4, -0.2) is 49.9 Å². The van der Waals surface area contributed by atoms with Crippen LogP contribution in [0.1, 0.15) is 12.2 Å². The maximum atomic E-state index is 12.5. The smallest absolute Gasteiger partial charge is 0.279 e. The van der Waals surface area contributed by atoms with Crippen LogP contribution in [0, 0.1) is 0 Å². The van der Waals surface area contributed by atoms with Crippen molar-refractivity contribution in [3.05, 3.63) is 60.6 Å². The molecule has 2 heterocycles. The lowest BCUT2D eigenvalue weighted by Crippen LogP contribution is -2.52. The minimum absolute atomic E-state index is 0.446. The van der Waals surface area contributed by atoms with Gasteiger partial charge in [-0.05, 0) is 35.9 Å². The molecule has 1 saturated heterocycles. The molecule has 1 atom stereocenters. The zero-order valence-corrected chi connectivity index (χ0v) is 16.7. The predicted molar refractivity (Wildman–Crippen MR) is 110 cm³/mol. The van der Waals surface area contributed by atoms with Crippen LogP contribution in [0.15, 0.2) is 54.7 Å². The lowest BCUT2D eigenvalue weighted by atomic mass is 9.98. The van der Waals surface area contributed by atoms with E-state index in [0.717, 1.165) is 22.0 Å². The molecule has 0 saturated carbocycles. The van der Waals surface area contributed by atoms with Crippen molar-refractivity contribution < 1.29 is 8.42 Å². The number of hydrogen-bond acceptors (Lipinski definition) is 5. The molecule has 0 bridgehead atoms. The zero-order chi connectivity index (χ0) is 19.8. The van der Waals surface area contributed by atoms with Gasteiger partial charge in [-0.2, -0.15) is 17.4 Å². The third kappa shape index (κ3) is 3.51. The number of aromatic nitrogens is 2. The Labute approximate surface area is 165 Å². The lowest BCUT2D eigenvalue weighted by molar-refractivity contribution is 0.388. The summed E-state index contributed by atoms with van der Waals surface area (Å²) in [5.41, 5.74) is 0.876. The third-order valence-corrected chi connectivity index (χ3v) is 6.70. The summed E-state index contributed by atoms with van der Waals surface area (Å²) >= 11 is 0. The largest absolute Gasteiger partial charge is 0.314 e. The molecule has 0 amide bonds. The zero-order valence-electron chi connectivity index (χ0n) is 15.9. The van der Waals surface area contributed by atoms with Crippen LogP contribution in [-0.2, 0) is 15.7 Å². The Kier molecular flexibility index (Phi) is 4.88. The number of rotatable bonds is 5. The second-order valence-electron chi connectivity index (χ2n) is 7.23. The molecule has 0 spiro atoms. The number of hydrogen-bond donors (Lipinski definition) is 2. The van der Waals surface area contributed by atoms with Gasteiger partial charge in [0.2, 0.25) is 0 Å². The number of nitrogens with zero attached hydrogens (tertiary/aromatic N) is 3. The molecule has 1 aliphatic heterocycles. The SMILES string of the molecule is CN(C)S(=O)(=O)N[C@]1(c2nccc(-c3ccc4ccccc4c3)n2)CCNC1. The molecular formula is C20H23N5O2S. The summed E-state index contributed by atoms with van der Waals surface area (Å²) in [5.74, 6) is 0.480. The molecule has 0 aliphatic carbocycles. The Morgan fingerprint density at radius 3 is 2.61 bits per heavy atom. The van der Waals surface area contributed by atoms with Crippen molar-refractivity contribution in [2.45, 2.75) is 12.0 Å². The van der Waals surface area contributed by atoms with Crippen molar-refractivity contribution in [2.75, 3.05) is 27.2 Å². The highest BCUT2D eigenvalue weighted by Gasteiger charge is 2.42. The van der Waals surface area contributed by atoms with Gasteiger partial charge in [0.25, 0.3) is 10.2 Å². The lowest BCUT2D eigenvalue weighted by Gasteiger charge is -2.29.